The first kappa shape index (κ1) is 16.4. The number of aromatic nitrogens is 1. The molecule has 3 rings (SSSR count). The van der Waals surface area contributed by atoms with Crippen LogP contribution < -0.4 is 10.1 Å². The van der Waals surface area contributed by atoms with Crippen LogP contribution >= 0.6 is 12.4 Å². The molecule has 1 aliphatic heterocycles. The first-order valence-corrected chi connectivity index (χ1v) is 6.88. The highest BCUT2D eigenvalue weighted by Crippen LogP contribution is 2.48. The Kier molecular flexibility index (Phi) is 4.68. The molecule has 1 spiro atoms. The van der Waals surface area contributed by atoms with Gasteiger partial charge >= 0.3 is 6.18 Å². The van der Waals surface area contributed by atoms with Crippen LogP contribution in [0.1, 0.15) is 31.4 Å². The summed E-state index contributed by atoms with van der Waals surface area (Å²) in [5.74, 6) is -0.149. The van der Waals surface area contributed by atoms with E-state index in [1.165, 1.54) is 12.1 Å². The zero-order chi connectivity index (χ0) is 14.2. The molecule has 21 heavy (non-hydrogen) atoms. The van der Waals surface area contributed by atoms with Crippen molar-refractivity contribution in [2.45, 2.75) is 38.0 Å². The van der Waals surface area contributed by atoms with E-state index in [1.807, 2.05) is 0 Å². The zero-order valence-electron chi connectivity index (χ0n) is 11.4. The molecular weight excluding hydrogens is 305 g/mol. The lowest BCUT2D eigenvalue weighted by Crippen LogP contribution is -2.52. The number of nitrogens with zero attached hydrogens (tertiary/aromatic N) is 1. The average molecular weight is 323 g/mol. The van der Waals surface area contributed by atoms with Crippen LogP contribution in [0.15, 0.2) is 18.3 Å². The number of alkyl halides is 3. The third-order valence-corrected chi connectivity index (χ3v) is 4.21. The highest BCUT2D eigenvalue weighted by atomic mass is 35.5. The van der Waals surface area contributed by atoms with Gasteiger partial charge in [0, 0.05) is 12.7 Å². The Morgan fingerprint density at radius 3 is 2.71 bits per heavy atom. The molecule has 2 fully saturated rings. The summed E-state index contributed by atoms with van der Waals surface area (Å²) in [6.45, 7) is 1.99. The van der Waals surface area contributed by atoms with Gasteiger partial charge in [0.25, 0.3) is 0 Å². The lowest BCUT2D eigenvalue weighted by Gasteiger charge is -2.49. The molecule has 3 nitrogen and oxygen atoms in total. The third kappa shape index (κ3) is 3.43. The minimum atomic E-state index is -4.47. The van der Waals surface area contributed by atoms with E-state index in [-0.39, 0.29) is 29.7 Å². The largest absolute Gasteiger partial charge is 0.488 e. The molecule has 2 heterocycles. The molecule has 0 bridgehead atoms. The van der Waals surface area contributed by atoms with E-state index >= 15 is 0 Å². The van der Waals surface area contributed by atoms with Gasteiger partial charge in [-0.1, -0.05) is 0 Å². The maximum absolute atomic E-state index is 12.8. The average Bonchev–Trinajstić information content (AvgIpc) is 2.37. The Morgan fingerprint density at radius 2 is 2.10 bits per heavy atom. The van der Waals surface area contributed by atoms with E-state index in [0.29, 0.717) is 0 Å². The van der Waals surface area contributed by atoms with E-state index in [4.69, 9.17) is 4.74 Å². The molecule has 7 heteroatoms. The summed E-state index contributed by atoms with van der Waals surface area (Å²) in [5.41, 5.74) is -0.688. The number of pyridine rings is 1. The Labute approximate surface area is 127 Å². The van der Waals surface area contributed by atoms with Gasteiger partial charge in [-0.15, -0.1) is 12.4 Å². The van der Waals surface area contributed by atoms with Crippen molar-refractivity contribution in [3.63, 3.8) is 0 Å². The monoisotopic (exact) mass is 322 g/mol. The predicted octanol–water partition coefficient (Wildman–Crippen LogP) is 3.43. The molecule has 0 atom stereocenters. The number of hydrogen-bond acceptors (Lipinski definition) is 3. The van der Waals surface area contributed by atoms with Crippen LogP contribution in [0.4, 0.5) is 13.2 Å². The fourth-order valence-corrected chi connectivity index (χ4v) is 3.25. The number of piperidine rings is 1. The summed E-state index contributed by atoms with van der Waals surface area (Å²) >= 11 is 0. The van der Waals surface area contributed by atoms with Gasteiger partial charge in [0.2, 0.25) is 0 Å². The maximum atomic E-state index is 12.8. The highest BCUT2D eigenvalue weighted by molar-refractivity contribution is 5.85. The van der Waals surface area contributed by atoms with Crippen LogP contribution in [0.2, 0.25) is 0 Å². The van der Waals surface area contributed by atoms with Gasteiger partial charge in [0.15, 0.2) is 11.4 Å². The lowest BCUT2D eigenvalue weighted by molar-refractivity contribution is -0.144. The zero-order valence-corrected chi connectivity index (χ0v) is 12.3. The second-order valence-corrected chi connectivity index (χ2v) is 5.78. The van der Waals surface area contributed by atoms with Gasteiger partial charge in [-0.3, -0.25) is 0 Å². The third-order valence-electron chi connectivity index (χ3n) is 4.21. The number of nitrogens with one attached hydrogen (secondary N) is 1. The Hall–Kier alpha value is -1.01. The van der Waals surface area contributed by atoms with Crippen molar-refractivity contribution in [2.75, 3.05) is 13.1 Å². The van der Waals surface area contributed by atoms with Crippen molar-refractivity contribution in [2.24, 2.45) is 5.41 Å². The lowest BCUT2D eigenvalue weighted by atomic mass is 9.63. The fourth-order valence-electron chi connectivity index (χ4n) is 3.25. The van der Waals surface area contributed by atoms with Crippen LogP contribution in [0, 0.1) is 5.41 Å². The summed E-state index contributed by atoms with van der Waals surface area (Å²) in [4.78, 5) is 3.40. The van der Waals surface area contributed by atoms with E-state index in [2.05, 4.69) is 10.3 Å². The fraction of sp³-hybridized carbons (Fsp3) is 0.643. The van der Waals surface area contributed by atoms with Crippen LogP contribution in [-0.2, 0) is 6.18 Å². The summed E-state index contributed by atoms with van der Waals surface area (Å²) < 4.78 is 44.0. The van der Waals surface area contributed by atoms with E-state index < -0.39 is 11.9 Å². The van der Waals surface area contributed by atoms with E-state index in [1.54, 1.807) is 0 Å². The normalized spacial score (nSPS) is 28.6. The molecule has 1 saturated heterocycles. The minimum absolute atomic E-state index is 0. The summed E-state index contributed by atoms with van der Waals surface area (Å²) in [5, 5.41) is 3.35. The number of hydrogen-bond donors (Lipinski definition) is 1. The molecule has 118 valence electrons. The van der Waals surface area contributed by atoms with E-state index in [0.717, 1.165) is 45.0 Å². The quantitative estimate of drug-likeness (QED) is 0.905. The molecule has 0 aromatic carbocycles. The smallest absolute Gasteiger partial charge is 0.437 e. The summed E-state index contributed by atoms with van der Waals surface area (Å²) in [6, 6.07) is 2.82. The van der Waals surface area contributed by atoms with Crippen LogP contribution in [0.5, 0.6) is 5.75 Å². The first-order valence-electron chi connectivity index (χ1n) is 6.88. The van der Waals surface area contributed by atoms with Crippen molar-refractivity contribution in [3.05, 3.63) is 24.0 Å². The molecule has 0 unspecified atom stereocenters. The number of ether oxygens (including phenoxy) is 1. The second-order valence-electron chi connectivity index (χ2n) is 5.78. The van der Waals surface area contributed by atoms with Gasteiger partial charge in [-0.25, -0.2) is 4.98 Å². The van der Waals surface area contributed by atoms with Crippen molar-refractivity contribution in [3.8, 4) is 5.75 Å². The highest BCUT2D eigenvalue weighted by Gasteiger charge is 2.47. The van der Waals surface area contributed by atoms with E-state index in [9.17, 15) is 13.2 Å². The van der Waals surface area contributed by atoms with Gasteiger partial charge in [0.1, 0.15) is 0 Å². The minimum Gasteiger partial charge on any atom is -0.488 e. The molecule has 1 aliphatic carbocycles. The van der Waals surface area contributed by atoms with Crippen LogP contribution in [0.3, 0.4) is 0 Å². The van der Waals surface area contributed by atoms with Gasteiger partial charge in [-0.2, -0.15) is 13.2 Å². The molecular formula is C14H18ClF3N2O. The van der Waals surface area contributed by atoms with Crippen LogP contribution in [0.25, 0.3) is 0 Å². The molecule has 1 aromatic heterocycles. The van der Waals surface area contributed by atoms with Gasteiger partial charge < -0.3 is 10.1 Å². The molecule has 2 aliphatic rings. The van der Waals surface area contributed by atoms with Crippen LogP contribution in [-0.4, -0.2) is 24.2 Å². The van der Waals surface area contributed by atoms with Crippen molar-refractivity contribution >= 4 is 12.4 Å². The van der Waals surface area contributed by atoms with Crippen molar-refractivity contribution in [1.29, 1.82) is 0 Å². The number of halogens is 4. The molecule has 0 radical (unpaired) electrons. The molecule has 0 amide bonds. The van der Waals surface area contributed by atoms with Crippen molar-refractivity contribution < 1.29 is 17.9 Å². The molecule has 1 N–H and O–H groups in total. The summed E-state index contributed by atoms with van der Waals surface area (Å²) in [6.07, 6.45) is 0.471. The Morgan fingerprint density at radius 1 is 1.33 bits per heavy atom. The molecule has 1 aromatic rings. The Balaban J connectivity index is 0.00000161. The second kappa shape index (κ2) is 6.01. The standard InChI is InChI=1S/C14H17F3N2O.ClH/c15-14(16,17)12-11(3-1-6-19-12)20-10-7-13(8-10)4-2-5-18-9-13;/h1,3,6,10,18H,2,4-5,7-9H2;1H. The first-order chi connectivity index (χ1) is 9.49. The van der Waals surface area contributed by atoms with Crippen molar-refractivity contribution in [1.82, 2.24) is 10.3 Å². The Bertz CT molecular complexity index is 481. The van der Waals surface area contributed by atoms with Gasteiger partial charge in [0.05, 0.1) is 6.10 Å². The number of rotatable bonds is 2. The topological polar surface area (TPSA) is 34.1 Å². The predicted molar refractivity (Wildman–Crippen MR) is 74.7 cm³/mol. The molecule has 1 saturated carbocycles. The van der Waals surface area contributed by atoms with Gasteiger partial charge in [-0.05, 0) is 49.8 Å². The SMILES string of the molecule is Cl.FC(F)(F)c1ncccc1OC1CC2(CCCNC2)C1. The summed E-state index contributed by atoms with van der Waals surface area (Å²) in [7, 11) is 0. The maximum Gasteiger partial charge on any atom is 0.437 e.